The van der Waals surface area contributed by atoms with Gasteiger partial charge in [0.15, 0.2) is 6.17 Å². The average molecular weight is 418 g/mol. The molecular weight excluding hydrogens is 396 g/mol. The standard InChI is InChI=1S/C18H22F4N4O3/c1-7-13-11(16(28)24-17(29)26(13)9-2-3-9)15(27)12(19)14(7)25-5-8(4-23)10(6-25)18(20,21)22/h8-10,12,14,27H,2-6,23H2,1H3,(H,24,28,29). The number of fused-ring (bicyclic) bond motifs is 1. The van der Waals surface area contributed by atoms with Crippen LogP contribution >= 0.6 is 0 Å². The third-order valence-corrected chi connectivity index (χ3v) is 6.25. The normalized spacial score (nSPS) is 30.7. The molecule has 4 rings (SSSR count). The Morgan fingerprint density at radius 3 is 2.41 bits per heavy atom. The monoisotopic (exact) mass is 418 g/mol. The van der Waals surface area contributed by atoms with Crippen LogP contribution < -0.4 is 27.6 Å². The van der Waals surface area contributed by atoms with Gasteiger partial charge >= 0.3 is 11.9 Å². The molecule has 0 amide bonds. The summed E-state index contributed by atoms with van der Waals surface area (Å²) in [6.45, 7) is 0.733. The number of hydrogen-bond donors (Lipinski definition) is 3. The quantitative estimate of drug-likeness (QED) is 0.574. The van der Waals surface area contributed by atoms with Crippen LogP contribution in [0.1, 0.15) is 25.8 Å². The summed E-state index contributed by atoms with van der Waals surface area (Å²) < 4.78 is 56.7. The zero-order chi connectivity index (χ0) is 21.2. The fraction of sp³-hybridized carbons (Fsp3) is 0.667. The SMILES string of the molecule is CC1=c2c(c(=O)[nH]c(=O)n2C2CC2)=C(O)C(F)C1N1CC(CN)C(C(F)(F)F)C1. The van der Waals surface area contributed by atoms with Gasteiger partial charge in [-0.15, -0.1) is 0 Å². The third-order valence-electron chi connectivity index (χ3n) is 6.25. The summed E-state index contributed by atoms with van der Waals surface area (Å²) in [5, 5.41) is 10.2. The van der Waals surface area contributed by atoms with E-state index in [9.17, 15) is 27.9 Å². The van der Waals surface area contributed by atoms with Crippen LogP contribution in [0, 0.1) is 11.8 Å². The second-order valence-corrected chi connectivity index (χ2v) is 8.10. The van der Waals surface area contributed by atoms with Crippen LogP contribution in [0.5, 0.6) is 0 Å². The van der Waals surface area contributed by atoms with E-state index in [0.29, 0.717) is 12.8 Å². The topological polar surface area (TPSA) is 104 Å². The van der Waals surface area contributed by atoms with E-state index in [1.165, 1.54) is 16.4 Å². The number of nitrogens with one attached hydrogen (secondary N) is 1. The molecule has 2 fully saturated rings. The zero-order valence-electron chi connectivity index (χ0n) is 15.7. The minimum atomic E-state index is -4.48. The fourth-order valence-electron chi connectivity index (χ4n) is 4.70. The molecule has 160 valence electrons. The Morgan fingerprint density at radius 1 is 1.24 bits per heavy atom. The number of aliphatic hydroxyl groups excluding tert-OH is 1. The number of nitrogens with zero attached hydrogens (tertiary/aromatic N) is 2. The molecule has 1 saturated heterocycles. The first-order valence-corrected chi connectivity index (χ1v) is 9.50. The lowest BCUT2D eigenvalue weighted by Gasteiger charge is -2.34. The highest BCUT2D eigenvalue weighted by atomic mass is 19.4. The van der Waals surface area contributed by atoms with Gasteiger partial charge in [-0.05, 0) is 37.8 Å². The van der Waals surface area contributed by atoms with E-state index in [1.807, 2.05) is 0 Å². The highest BCUT2D eigenvalue weighted by Crippen LogP contribution is 2.40. The van der Waals surface area contributed by atoms with Crippen molar-refractivity contribution in [3.05, 3.63) is 31.4 Å². The fourth-order valence-corrected chi connectivity index (χ4v) is 4.70. The average Bonchev–Trinajstić information content (AvgIpc) is 3.36. The van der Waals surface area contributed by atoms with Gasteiger partial charge in [0.25, 0.3) is 5.56 Å². The molecule has 4 unspecified atom stereocenters. The van der Waals surface area contributed by atoms with Crippen LogP contribution in [0.4, 0.5) is 17.6 Å². The lowest BCUT2D eigenvalue weighted by molar-refractivity contribution is -0.179. The molecule has 1 aromatic rings. The Bertz CT molecular complexity index is 1070. The van der Waals surface area contributed by atoms with Crippen molar-refractivity contribution in [3.63, 3.8) is 0 Å². The summed E-state index contributed by atoms with van der Waals surface area (Å²) in [7, 11) is 0. The lowest BCUT2D eigenvalue weighted by Crippen LogP contribution is -2.61. The number of aromatic amines is 1. The second-order valence-electron chi connectivity index (χ2n) is 8.10. The van der Waals surface area contributed by atoms with Crippen LogP contribution in [-0.2, 0) is 0 Å². The summed E-state index contributed by atoms with van der Waals surface area (Å²) >= 11 is 0. The molecule has 2 heterocycles. The molecule has 4 atom stereocenters. The van der Waals surface area contributed by atoms with Crippen molar-refractivity contribution in [2.75, 3.05) is 19.6 Å². The predicted molar refractivity (Wildman–Crippen MR) is 96.3 cm³/mol. The van der Waals surface area contributed by atoms with Gasteiger partial charge in [0.2, 0.25) is 0 Å². The number of nitrogens with two attached hydrogens (primary N) is 1. The van der Waals surface area contributed by atoms with Gasteiger partial charge in [-0.25, -0.2) is 9.18 Å². The van der Waals surface area contributed by atoms with Gasteiger partial charge in [0.05, 0.1) is 17.3 Å². The smallest absolute Gasteiger partial charge is 0.393 e. The maximum atomic E-state index is 15.2. The minimum absolute atomic E-state index is 0.0947. The van der Waals surface area contributed by atoms with Crippen molar-refractivity contribution in [2.24, 2.45) is 17.6 Å². The van der Waals surface area contributed by atoms with Gasteiger partial charge in [-0.3, -0.25) is 19.2 Å². The zero-order valence-corrected chi connectivity index (χ0v) is 15.7. The maximum Gasteiger partial charge on any atom is 0.393 e. The predicted octanol–water partition coefficient (Wildman–Crippen LogP) is -0.502. The van der Waals surface area contributed by atoms with E-state index < -0.39 is 53.8 Å². The highest BCUT2D eigenvalue weighted by molar-refractivity contribution is 5.60. The first-order chi connectivity index (χ1) is 13.6. The number of likely N-dealkylation sites (tertiary alicyclic amines) is 1. The Balaban J connectivity index is 1.89. The van der Waals surface area contributed by atoms with E-state index in [2.05, 4.69) is 4.98 Å². The maximum absolute atomic E-state index is 15.2. The van der Waals surface area contributed by atoms with Crippen LogP contribution in [-0.4, -0.2) is 57.6 Å². The molecule has 0 bridgehead atoms. The number of hydrogen-bond acceptors (Lipinski definition) is 5. The molecule has 11 heteroatoms. The lowest BCUT2D eigenvalue weighted by atomic mass is 9.94. The molecule has 1 aromatic heterocycles. The van der Waals surface area contributed by atoms with Crippen molar-refractivity contribution in [2.45, 2.75) is 44.2 Å². The first kappa shape index (κ1) is 20.1. The van der Waals surface area contributed by atoms with Crippen molar-refractivity contribution in [1.82, 2.24) is 14.5 Å². The molecule has 1 aliphatic heterocycles. The van der Waals surface area contributed by atoms with Crippen LogP contribution in [0.25, 0.3) is 11.3 Å². The van der Waals surface area contributed by atoms with Crippen LogP contribution in [0.2, 0.25) is 0 Å². The molecule has 1 saturated carbocycles. The number of aliphatic hydroxyl groups is 1. The third kappa shape index (κ3) is 3.10. The van der Waals surface area contributed by atoms with E-state index in [-0.39, 0.29) is 35.3 Å². The van der Waals surface area contributed by atoms with Crippen molar-refractivity contribution in [3.8, 4) is 0 Å². The van der Waals surface area contributed by atoms with Crippen molar-refractivity contribution >= 4 is 11.3 Å². The largest absolute Gasteiger partial charge is 0.508 e. The summed E-state index contributed by atoms with van der Waals surface area (Å²) in [5.41, 5.74) is 4.21. The Morgan fingerprint density at radius 2 is 1.90 bits per heavy atom. The summed E-state index contributed by atoms with van der Waals surface area (Å²) in [4.78, 5) is 28.1. The molecule has 3 aliphatic rings. The van der Waals surface area contributed by atoms with E-state index in [4.69, 9.17) is 5.73 Å². The Hall–Kier alpha value is -2.14. The van der Waals surface area contributed by atoms with Gasteiger partial charge < -0.3 is 10.8 Å². The summed E-state index contributed by atoms with van der Waals surface area (Å²) in [6.07, 6.45) is -5.19. The van der Waals surface area contributed by atoms with Crippen molar-refractivity contribution in [1.29, 1.82) is 0 Å². The molecule has 2 aliphatic carbocycles. The Labute approximate surface area is 162 Å². The number of H-pyrrole nitrogens is 1. The van der Waals surface area contributed by atoms with E-state index >= 15 is 4.39 Å². The first-order valence-electron chi connectivity index (χ1n) is 9.50. The van der Waals surface area contributed by atoms with Crippen LogP contribution in [0.3, 0.4) is 0 Å². The van der Waals surface area contributed by atoms with Gasteiger partial charge in [-0.2, -0.15) is 13.2 Å². The molecular formula is C18H22F4N4O3. The molecule has 4 N–H and O–H groups in total. The number of aromatic nitrogens is 2. The number of halogens is 4. The van der Waals surface area contributed by atoms with E-state index in [0.717, 1.165) is 0 Å². The van der Waals surface area contributed by atoms with Gasteiger partial charge in [0.1, 0.15) is 11.0 Å². The van der Waals surface area contributed by atoms with Gasteiger partial charge in [0, 0.05) is 19.1 Å². The second kappa shape index (κ2) is 6.69. The summed E-state index contributed by atoms with van der Waals surface area (Å²) in [5.74, 6) is -3.46. The van der Waals surface area contributed by atoms with Crippen molar-refractivity contribution < 1.29 is 22.7 Å². The summed E-state index contributed by atoms with van der Waals surface area (Å²) in [6, 6.07) is -1.40. The Kier molecular flexibility index (Phi) is 4.65. The van der Waals surface area contributed by atoms with E-state index in [1.54, 1.807) is 0 Å². The highest BCUT2D eigenvalue weighted by Gasteiger charge is 2.52. The molecule has 7 nitrogen and oxygen atoms in total. The molecule has 29 heavy (non-hydrogen) atoms. The van der Waals surface area contributed by atoms with Crippen LogP contribution in [0.15, 0.2) is 9.59 Å². The molecule has 0 spiro atoms. The number of alkyl halides is 4. The molecule has 0 aromatic carbocycles. The number of rotatable bonds is 3. The van der Waals surface area contributed by atoms with Gasteiger partial charge in [-0.1, -0.05) is 0 Å². The molecule has 0 radical (unpaired) electrons. The minimum Gasteiger partial charge on any atom is -0.508 e.